The minimum absolute atomic E-state index is 0.0453. The Labute approximate surface area is 160 Å². The van der Waals surface area contributed by atoms with Crippen LogP contribution in [-0.4, -0.2) is 34.0 Å². The molecule has 3 aromatic rings. The molecule has 7 heteroatoms. The molecule has 1 amide bonds. The number of pyridine rings is 1. The van der Waals surface area contributed by atoms with Gasteiger partial charge in [0.05, 0.1) is 18.2 Å². The van der Waals surface area contributed by atoms with E-state index >= 15 is 0 Å². The summed E-state index contributed by atoms with van der Waals surface area (Å²) < 4.78 is 5.11. The Hall–Kier alpha value is -3.12. The van der Waals surface area contributed by atoms with E-state index in [0.717, 1.165) is 11.1 Å². The van der Waals surface area contributed by atoms with Crippen LogP contribution in [0.2, 0.25) is 5.02 Å². The van der Waals surface area contributed by atoms with Crippen LogP contribution in [0.4, 0.5) is 0 Å². The summed E-state index contributed by atoms with van der Waals surface area (Å²) >= 11 is 6.19. The van der Waals surface area contributed by atoms with Gasteiger partial charge in [0.25, 0.3) is 5.91 Å². The number of ether oxygens (including phenoxy) is 1. The second-order valence-corrected chi connectivity index (χ2v) is 6.74. The van der Waals surface area contributed by atoms with Crippen molar-refractivity contribution in [3.8, 4) is 5.88 Å². The molecule has 0 saturated heterocycles. The maximum absolute atomic E-state index is 13.2. The predicted octanol–water partition coefficient (Wildman–Crippen LogP) is 3.75. The first kappa shape index (κ1) is 17.3. The Morgan fingerprint density at radius 2 is 1.78 bits per heavy atom. The first-order valence-electron chi connectivity index (χ1n) is 8.25. The van der Waals surface area contributed by atoms with Gasteiger partial charge in [-0.15, -0.1) is 0 Å². The molecule has 0 aliphatic carbocycles. The van der Waals surface area contributed by atoms with Gasteiger partial charge in [-0.25, -0.2) is 9.78 Å². The van der Waals surface area contributed by atoms with Gasteiger partial charge in [-0.2, -0.15) is 0 Å². The van der Waals surface area contributed by atoms with Gasteiger partial charge in [-0.05, 0) is 29.3 Å². The second-order valence-electron chi connectivity index (χ2n) is 6.31. The van der Waals surface area contributed by atoms with E-state index in [4.69, 9.17) is 16.3 Å². The summed E-state index contributed by atoms with van der Waals surface area (Å²) in [5, 5.41) is 10.2. The maximum Gasteiger partial charge on any atom is 0.341 e. The van der Waals surface area contributed by atoms with Crippen LogP contribution in [-0.2, 0) is 13.1 Å². The minimum Gasteiger partial charge on any atom is -0.480 e. The number of carbonyl (C=O) groups is 2. The van der Waals surface area contributed by atoms with E-state index in [1.54, 1.807) is 17.0 Å². The normalized spacial score (nSPS) is 12.9. The number of carboxylic acid groups (broad SMARTS) is 1. The third-order valence-corrected chi connectivity index (χ3v) is 4.85. The molecule has 1 aliphatic rings. The molecule has 1 aliphatic heterocycles. The minimum atomic E-state index is -1.16. The number of aromatic nitrogens is 1. The van der Waals surface area contributed by atoms with Gasteiger partial charge in [0.15, 0.2) is 0 Å². The van der Waals surface area contributed by atoms with Crippen molar-refractivity contribution in [2.45, 2.75) is 13.1 Å². The molecule has 1 N–H and O–H groups in total. The summed E-state index contributed by atoms with van der Waals surface area (Å²) in [5.41, 5.74) is 2.81. The van der Waals surface area contributed by atoms with E-state index in [9.17, 15) is 14.7 Å². The number of amides is 1. The van der Waals surface area contributed by atoms with Gasteiger partial charge in [0, 0.05) is 23.5 Å². The predicted molar refractivity (Wildman–Crippen MR) is 100 cm³/mol. The standard InChI is InChI=1S/C20H15ClN2O4/c1-27-18-16(20(25)26)7-13-6-14(21)8-15(17(13)22-18)19(24)23-9-11-4-2-3-5-12(11)10-23/h2-8H,9-10H2,1H3,(H,25,26). The number of hydrogen-bond donors (Lipinski definition) is 1. The number of aromatic carboxylic acids is 1. The van der Waals surface area contributed by atoms with Crippen LogP contribution in [0.25, 0.3) is 10.9 Å². The molecule has 4 rings (SSSR count). The Balaban J connectivity index is 1.82. The molecular weight excluding hydrogens is 368 g/mol. The van der Waals surface area contributed by atoms with Gasteiger partial charge in [-0.1, -0.05) is 35.9 Å². The molecule has 0 saturated carbocycles. The zero-order chi connectivity index (χ0) is 19.1. The first-order valence-corrected chi connectivity index (χ1v) is 8.63. The molecule has 2 heterocycles. The lowest BCUT2D eigenvalue weighted by atomic mass is 10.1. The van der Waals surface area contributed by atoms with Gasteiger partial charge in [-0.3, -0.25) is 4.79 Å². The number of halogens is 1. The molecular formula is C20H15ClN2O4. The SMILES string of the molecule is COc1nc2c(C(=O)N3Cc4ccccc4C3)cc(Cl)cc2cc1C(=O)O. The average Bonchev–Trinajstić information content (AvgIpc) is 3.09. The van der Waals surface area contributed by atoms with Crippen molar-refractivity contribution in [2.24, 2.45) is 0 Å². The van der Waals surface area contributed by atoms with Crippen LogP contribution in [0.15, 0.2) is 42.5 Å². The summed E-state index contributed by atoms with van der Waals surface area (Å²) in [5.74, 6) is -1.42. The number of carbonyl (C=O) groups excluding carboxylic acids is 1. The summed E-state index contributed by atoms with van der Waals surface area (Å²) in [7, 11) is 1.34. The van der Waals surface area contributed by atoms with Crippen molar-refractivity contribution in [2.75, 3.05) is 7.11 Å². The number of methoxy groups -OCH3 is 1. The number of rotatable bonds is 3. The lowest BCUT2D eigenvalue weighted by Crippen LogP contribution is -2.25. The quantitative estimate of drug-likeness (QED) is 0.746. The lowest BCUT2D eigenvalue weighted by molar-refractivity contribution is 0.0692. The fourth-order valence-electron chi connectivity index (χ4n) is 3.35. The van der Waals surface area contributed by atoms with Crippen molar-refractivity contribution in [3.05, 3.63) is 69.7 Å². The molecule has 1 aromatic heterocycles. The highest BCUT2D eigenvalue weighted by Gasteiger charge is 2.27. The molecule has 136 valence electrons. The second kappa shape index (κ2) is 6.55. The Morgan fingerprint density at radius 3 is 2.37 bits per heavy atom. The maximum atomic E-state index is 13.2. The molecule has 2 aromatic carbocycles. The van der Waals surface area contributed by atoms with Gasteiger partial charge >= 0.3 is 5.97 Å². The fraction of sp³-hybridized carbons (Fsp3) is 0.150. The third-order valence-electron chi connectivity index (χ3n) is 4.63. The molecule has 0 bridgehead atoms. The van der Waals surface area contributed by atoms with Crippen molar-refractivity contribution in [1.82, 2.24) is 9.88 Å². The topological polar surface area (TPSA) is 79.7 Å². The highest BCUT2D eigenvalue weighted by Crippen LogP contribution is 2.31. The number of hydrogen-bond acceptors (Lipinski definition) is 4. The Morgan fingerprint density at radius 1 is 1.11 bits per heavy atom. The zero-order valence-corrected chi connectivity index (χ0v) is 15.2. The van der Waals surface area contributed by atoms with Crippen LogP contribution in [0.5, 0.6) is 5.88 Å². The lowest BCUT2D eigenvalue weighted by Gasteiger charge is -2.17. The fourth-order valence-corrected chi connectivity index (χ4v) is 3.58. The summed E-state index contributed by atoms with van der Waals surface area (Å²) in [6.45, 7) is 1.01. The molecule has 27 heavy (non-hydrogen) atoms. The van der Waals surface area contributed by atoms with Gasteiger partial charge in [0.2, 0.25) is 5.88 Å². The molecule has 0 unspecified atom stereocenters. The van der Waals surface area contributed by atoms with Gasteiger partial charge in [0.1, 0.15) is 5.56 Å². The largest absolute Gasteiger partial charge is 0.480 e. The van der Waals surface area contributed by atoms with E-state index in [-0.39, 0.29) is 17.4 Å². The highest BCUT2D eigenvalue weighted by atomic mass is 35.5. The molecule has 6 nitrogen and oxygen atoms in total. The van der Waals surface area contributed by atoms with Crippen LogP contribution in [0.1, 0.15) is 31.8 Å². The number of nitrogens with zero attached hydrogens (tertiary/aromatic N) is 2. The Kier molecular flexibility index (Phi) is 4.20. The summed E-state index contributed by atoms with van der Waals surface area (Å²) in [6, 6.07) is 12.5. The van der Waals surface area contributed by atoms with Crippen LogP contribution in [0, 0.1) is 0 Å². The number of fused-ring (bicyclic) bond motifs is 2. The molecule has 0 spiro atoms. The zero-order valence-electron chi connectivity index (χ0n) is 14.4. The number of benzene rings is 2. The third kappa shape index (κ3) is 2.98. The summed E-state index contributed by atoms with van der Waals surface area (Å²) in [4.78, 5) is 30.6. The Bertz CT molecular complexity index is 1070. The average molecular weight is 383 g/mol. The van der Waals surface area contributed by atoms with Gasteiger partial charge < -0.3 is 14.7 Å². The van der Waals surface area contributed by atoms with Crippen molar-refractivity contribution < 1.29 is 19.4 Å². The smallest absolute Gasteiger partial charge is 0.341 e. The van der Waals surface area contributed by atoms with Crippen LogP contribution in [0.3, 0.4) is 0 Å². The molecule has 0 fully saturated rings. The summed E-state index contributed by atoms with van der Waals surface area (Å²) in [6.07, 6.45) is 0. The van der Waals surface area contributed by atoms with E-state index in [1.165, 1.54) is 13.2 Å². The number of carboxylic acids is 1. The first-order chi connectivity index (χ1) is 13.0. The molecule has 0 atom stereocenters. The van der Waals surface area contributed by atoms with E-state index in [2.05, 4.69) is 4.98 Å². The van der Waals surface area contributed by atoms with Crippen molar-refractivity contribution in [1.29, 1.82) is 0 Å². The highest BCUT2D eigenvalue weighted by molar-refractivity contribution is 6.32. The monoisotopic (exact) mass is 382 g/mol. The van der Waals surface area contributed by atoms with E-state index in [1.807, 2.05) is 24.3 Å². The van der Waals surface area contributed by atoms with Crippen LogP contribution >= 0.6 is 11.6 Å². The molecule has 0 radical (unpaired) electrons. The van der Waals surface area contributed by atoms with Crippen molar-refractivity contribution >= 4 is 34.4 Å². The van der Waals surface area contributed by atoms with E-state index in [0.29, 0.717) is 34.6 Å². The van der Waals surface area contributed by atoms with Crippen molar-refractivity contribution in [3.63, 3.8) is 0 Å². The van der Waals surface area contributed by atoms with E-state index < -0.39 is 5.97 Å². The van der Waals surface area contributed by atoms with Crippen LogP contribution < -0.4 is 4.74 Å².